The first-order chi connectivity index (χ1) is 12.8. The van der Waals surface area contributed by atoms with Gasteiger partial charge in [0.25, 0.3) is 0 Å². The van der Waals surface area contributed by atoms with E-state index in [4.69, 9.17) is 9.72 Å². The third-order valence-corrected chi connectivity index (χ3v) is 5.74. The van der Waals surface area contributed by atoms with Gasteiger partial charge >= 0.3 is 0 Å². The van der Waals surface area contributed by atoms with E-state index in [1.165, 1.54) is 0 Å². The second-order valence-electron chi connectivity index (χ2n) is 6.54. The summed E-state index contributed by atoms with van der Waals surface area (Å²) in [6.45, 7) is 2.85. The smallest absolute Gasteiger partial charge is 0.227 e. The molecule has 0 aromatic carbocycles. The van der Waals surface area contributed by atoms with Crippen molar-refractivity contribution in [2.75, 3.05) is 26.8 Å². The van der Waals surface area contributed by atoms with Crippen molar-refractivity contribution in [1.82, 2.24) is 19.4 Å². The maximum atomic E-state index is 12.6. The fourth-order valence-corrected chi connectivity index (χ4v) is 4.26. The van der Waals surface area contributed by atoms with Crippen LogP contribution in [0.1, 0.15) is 23.0 Å². The average Bonchev–Trinajstić information content (AvgIpc) is 3.39. The summed E-state index contributed by atoms with van der Waals surface area (Å²) in [6.07, 6.45) is 3.22. The van der Waals surface area contributed by atoms with E-state index in [1.807, 2.05) is 34.5 Å². The second kappa shape index (κ2) is 7.55. The Morgan fingerprint density at radius 3 is 3.12 bits per heavy atom. The molecule has 7 heteroatoms. The number of methoxy groups -OCH3 is 1. The van der Waals surface area contributed by atoms with Crippen molar-refractivity contribution < 1.29 is 9.53 Å². The van der Waals surface area contributed by atoms with E-state index >= 15 is 0 Å². The number of nitrogens with zero attached hydrogens (tertiary/aromatic N) is 4. The zero-order valence-electron chi connectivity index (χ0n) is 14.8. The third-order valence-electron chi connectivity index (χ3n) is 4.86. The van der Waals surface area contributed by atoms with Gasteiger partial charge in [-0.2, -0.15) is 0 Å². The number of carbonyl (C=O) groups excluding carboxylic acids is 1. The van der Waals surface area contributed by atoms with Crippen LogP contribution in [0.15, 0.2) is 35.8 Å². The molecule has 1 aliphatic heterocycles. The Morgan fingerprint density at radius 2 is 2.31 bits per heavy atom. The van der Waals surface area contributed by atoms with Crippen LogP contribution < -0.4 is 0 Å². The molecule has 1 saturated heterocycles. The van der Waals surface area contributed by atoms with Gasteiger partial charge in [0, 0.05) is 43.7 Å². The monoisotopic (exact) mass is 370 g/mol. The molecular weight excluding hydrogens is 348 g/mol. The van der Waals surface area contributed by atoms with Crippen LogP contribution in [0.3, 0.4) is 0 Å². The molecule has 0 spiro atoms. The maximum absolute atomic E-state index is 12.6. The van der Waals surface area contributed by atoms with E-state index in [-0.39, 0.29) is 11.8 Å². The molecule has 1 amide bonds. The number of amides is 1. The van der Waals surface area contributed by atoms with Gasteiger partial charge < -0.3 is 14.2 Å². The van der Waals surface area contributed by atoms with Crippen LogP contribution in [-0.4, -0.2) is 52.1 Å². The van der Waals surface area contributed by atoms with Crippen LogP contribution in [0.5, 0.6) is 0 Å². The molecule has 0 N–H and O–H groups in total. The predicted molar refractivity (Wildman–Crippen MR) is 101 cm³/mol. The number of thiophene rings is 1. The number of fused-ring (bicyclic) bond motifs is 1. The van der Waals surface area contributed by atoms with E-state index in [9.17, 15) is 4.79 Å². The highest BCUT2D eigenvalue weighted by molar-refractivity contribution is 7.10. The van der Waals surface area contributed by atoms with Gasteiger partial charge in [-0.1, -0.05) is 6.07 Å². The summed E-state index contributed by atoms with van der Waals surface area (Å²) in [7, 11) is 1.70. The van der Waals surface area contributed by atoms with Gasteiger partial charge in [-0.3, -0.25) is 4.79 Å². The molecule has 1 aliphatic rings. The topological polar surface area (TPSA) is 60.2 Å². The molecule has 0 aliphatic carbocycles. The first-order valence-corrected chi connectivity index (χ1v) is 9.74. The van der Waals surface area contributed by atoms with Gasteiger partial charge in [0.2, 0.25) is 5.91 Å². The van der Waals surface area contributed by atoms with Crippen molar-refractivity contribution >= 4 is 28.4 Å². The summed E-state index contributed by atoms with van der Waals surface area (Å²) < 4.78 is 7.41. The summed E-state index contributed by atoms with van der Waals surface area (Å²) in [5.74, 6) is 1.46. The average molecular weight is 370 g/mol. The molecule has 0 bridgehead atoms. The number of rotatable bonds is 6. The number of ether oxygens (including phenoxy) is 1. The molecule has 4 heterocycles. The number of carbonyl (C=O) groups is 1. The Bertz CT molecular complexity index is 890. The van der Waals surface area contributed by atoms with Gasteiger partial charge in [-0.05, 0) is 30.0 Å². The van der Waals surface area contributed by atoms with Crippen LogP contribution in [0.2, 0.25) is 0 Å². The van der Waals surface area contributed by atoms with Crippen LogP contribution in [-0.2, 0) is 22.5 Å². The number of hydrogen-bond donors (Lipinski definition) is 0. The molecule has 4 rings (SSSR count). The van der Waals surface area contributed by atoms with E-state index in [1.54, 1.807) is 24.6 Å². The molecule has 6 nitrogen and oxygen atoms in total. The number of likely N-dealkylation sites (tertiary alicyclic amines) is 1. The van der Waals surface area contributed by atoms with Gasteiger partial charge in [0.05, 0.1) is 13.0 Å². The molecule has 136 valence electrons. The van der Waals surface area contributed by atoms with E-state index in [2.05, 4.69) is 9.55 Å². The molecule has 3 aromatic rings. The summed E-state index contributed by atoms with van der Waals surface area (Å²) in [6, 6.07) is 7.91. The highest BCUT2D eigenvalue weighted by Crippen LogP contribution is 2.29. The Morgan fingerprint density at radius 1 is 1.38 bits per heavy atom. The highest BCUT2D eigenvalue weighted by atomic mass is 32.1. The summed E-state index contributed by atoms with van der Waals surface area (Å²) in [4.78, 5) is 25.0. The quantitative estimate of drug-likeness (QED) is 0.669. The predicted octanol–water partition coefficient (Wildman–Crippen LogP) is 2.70. The van der Waals surface area contributed by atoms with E-state index in [0.717, 1.165) is 47.9 Å². The lowest BCUT2D eigenvalue weighted by molar-refractivity contribution is -0.129. The maximum Gasteiger partial charge on any atom is 0.227 e. The van der Waals surface area contributed by atoms with Gasteiger partial charge in [-0.15, -0.1) is 11.3 Å². The molecule has 26 heavy (non-hydrogen) atoms. The molecular formula is C19H22N4O2S. The normalized spacial score (nSPS) is 17.3. The lowest BCUT2D eigenvalue weighted by atomic mass is 10.1. The minimum Gasteiger partial charge on any atom is -0.383 e. The summed E-state index contributed by atoms with van der Waals surface area (Å²) in [5, 5.41) is 2.01. The van der Waals surface area contributed by atoms with Crippen molar-refractivity contribution in [2.45, 2.75) is 25.3 Å². The summed E-state index contributed by atoms with van der Waals surface area (Å²) >= 11 is 1.64. The molecule has 0 saturated carbocycles. The minimum absolute atomic E-state index is 0.202. The lowest BCUT2D eigenvalue weighted by Crippen LogP contribution is -2.30. The van der Waals surface area contributed by atoms with E-state index < -0.39 is 0 Å². The van der Waals surface area contributed by atoms with Gasteiger partial charge in [0.1, 0.15) is 11.3 Å². The molecule has 3 aromatic heterocycles. The Labute approximate surface area is 156 Å². The molecule has 1 atom stereocenters. The van der Waals surface area contributed by atoms with Crippen molar-refractivity contribution in [3.8, 4) is 0 Å². The van der Waals surface area contributed by atoms with Crippen LogP contribution in [0.4, 0.5) is 0 Å². The Kier molecular flexibility index (Phi) is 4.99. The number of hydrogen-bond acceptors (Lipinski definition) is 5. The zero-order chi connectivity index (χ0) is 17.9. The number of imidazole rings is 1. The lowest BCUT2D eigenvalue weighted by Gasteiger charge is -2.17. The largest absolute Gasteiger partial charge is 0.383 e. The first-order valence-electron chi connectivity index (χ1n) is 8.86. The van der Waals surface area contributed by atoms with Crippen molar-refractivity contribution in [3.63, 3.8) is 0 Å². The Hall–Kier alpha value is -2.25. The number of pyridine rings is 1. The highest BCUT2D eigenvalue weighted by Gasteiger charge is 2.31. The van der Waals surface area contributed by atoms with Gasteiger partial charge in [0.15, 0.2) is 5.65 Å². The van der Waals surface area contributed by atoms with Crippen molar-refractivity contribution in [3.05, 3.63) is 46.5 Å². The van der Waals surface area contributed by atoms with Crippen LogP contribution >= 0.6 is 11.3 Å². The number of aromatic nitrogens is 3. The van der Waals surface area contributed by atoms with E-state index in [0.29, 0.717) is 13.0 Å². The zero-order valence-corrected chi connectivity index (χ0v) is 15.6. The fraction of sp³-hybridized carbons (Fsp3) is 0.421. The Balaban J connectivity index is 1.53. The van der Waals surface area contributed by atoms with Crippen LogP contribution in [0, 0.1) is 0 Å². The molecule has 1 fully saturated rings. The molecule has 0 unspecified atom stereocenters. The third kappa shape index (κ3) is 3.37. The minimum atomic E-state index is 0.202. The fourth-order valence-electron chi connectivity index (χ4n) is 3.56. The second-order valence-corrected chi connectivity index (χ2v) is 7.57. The van der Waals surface area contributed by atoms with Gasteiger partial charge in [-0.25, -0.2) is 9.97 Å². The molecule has 0 radical (unpaired) electrons. The van der Waals surface area contributed by atoms with Crippen LogP contribution in [0.25, 0.3) is 11.2 Å². The van der Waals surface area contributed by atoms with Crippen molar-refractivity contribution in [2.24, 2.45) is 0 Å². The standard InChI is InChI=1S/C19H22N4O2S/c1-25-10-9-23-18(21-16-5-2-7-20-19(16)23)14-6-8-22(13-14)17(24)12-15-4-3-11-26-15/h2-5,7,11,14H,6,8-10,12-13H2,1H3/t14-/m1/s1. The van der Waals surface area contributed by atoms with Crippen molar-refractivity contribution in [1.29, 1.82) is 0 Å². The first kappa shape index (κ1) is 17.2. The SMILES string of the molecule is COCCn1c([C@@H]2CCN(C(=O)Cc3cccs3)C2)nc2cccnc21. The summed E-state index contributed by atoms with van der Waals surface area (Å²) in [5.41, 5.74) is 1.80.